The van der Waals surface area contributed by atoms with E-state index in [9.17, 15) is 8.42 Å². The lowest BCUT2D eigenvalue weighted by Gasteiger charge is -2.16. The van der Waals surface area contributed by atoms with Crippen LogP contribution in [0.5, 0.6) is 0 Å². The highest BCUT2D eigenvalue weighted by atomic mass is 32.2. The van der Waals surface area contributed by atoms with Gasteiger partial charge < -0.3 is 5.11 Å². The Morgan fingerprint density at radius 2 is 1.84 bits per heavy atom. The second kappa shape index (κ2) is 6.00. The molecule has 19 heavy (non-hydrogen) atoms. The Morgan fingerprint density at radius 1 is 1.26 bits per heavy atom. The van der Waals surface area contributed by atoms with Gasteiger partial charge in [-0.1, -0.05) is 24.3 Å². The van der Waals surface area contributed by atoms with Crippen molar-refractivity contribution in [3.05, 3.63) is 35.4 Å². The molecular formula is C13H20N2O3S. The molecule has 1 fully saturated rings. The van der Waals surface area contributed by atoms with Crippen LogP contribution < -0.4 is 4.72 Å². The maximum Gasteiger partial charge on any atom is 0.279 e. The van der Waals surface area contributed by atoms with Crippen LogP contribution in [0.15, 0.2) is 24.3 Å². The smallest absolute Gasteiger partial charge is 0.279 e. The topological polar surface area (TPSA) is 69.6 Å². The van der Waals surface area contributed by atoms with Crippen molar-refractivity contribution < 1.29 is 13.5 Å². The van der Waals surface area contributed by atoms with Gasteiger partial charge in [0, 0.05) is 26.2 Å². The van der Waals surface area contributed by atoms with Crippen molar-refractivity contribution in [2.45, 2.75) is 31.8 Å². The molecule has 0 bridgehead atoms. The highest BCUT2D eigenvalue weighted by molar-refractivity contribution is 7.87. The van der Waals surface area contributed by atoms with Crippen LogP contribution in [0.25, 0.3) is 0 Å². The number of nitrogens with one attached hydrogen (secondary N) is 1. The summed E-state index contributed by atoms with van der Waals surface area (Å²) in [4.78, 5) is 0. The summed E-state index contributed by atoms with van der Waals surface area (Å²) in [6.45, 7) is 0.414. The molecule has 1 aliphatic carbocycles. The summed E-state index contributed by atoms with van der Waals surface area (Å²) in [7, 11) is -1.76. The zero-order valence-electron chi connectivity index (χ0n) is 11.0. The number of rotatable bonds is 7. The molecule has 106 valence electrons. The molecular weight excluding hydrogens is 264 g/mol. The highest BCUT2D eigenvalue weighted by Gasteiger charge is 2.33. The van der Waals surface area contributed by atoms with Gasteiger partial charge in [0.1, 0.15) is 0 Å². The van der Waals surface area contributed by atoms with Gasteiger partial charge in [0.2, 0.25) is 0 Å². The molecule has 2 rings (SSSR count). The molecule has 0 aliphatic heterocycles. The van der Waals surface area contributed by atoms with Gasteiger partial charge in [-0.15, -0.1) is 0 Å². The average molecular weight is 284 g/mol. The van der Waals surface area contributed by atoms with E-state index < -0.39 is 10.2 Å². The Morgan fingerprint density at radius 3 is 2.37 bits per heavy atom. The SMILES string of the molecule is CN(C1CC1)S(=O)(=O)NCc1ccc(CCO)cc1. The molecule has 6 heteroatoms. The van der Waals surface area contributed by atoms with Gasteiger partial charge in [-0.05, 0) is 30.4 Å². The summed E-state index contributed by atoms with van der Waals surface area (Å²) in [5.74, 6) is 0. The van der Waals surface area contributed by atoms with E-state index in [4.69, 9.17) is 5.11 Å². The van der Waals surface area contributed by atoms with E-state index >= 15 is 0 Å². The number of benzene rings is 1. The van der Waals surface area contributed by atoms with Gasteiger partial charge in [-0.2, -0.15) is 17.4 Å². The quantitative estimate of drug-likeness (QED) is 0.772. The van der Waals surface area contributed by atoms with Gasteiger partial charge in [0.05, 0.1) is 0 Å². The molecule has 0 amide bonds. The van der Waals surface area contributed by atoms with Crippen molar-refractivity contribution in [1.82, 2.24) is 9.03 Å². The predicted molar refractivity (Wildman–Crippen MR) is 73.8 cm³/mol. The minimum atomic E-state index is -3.37. The number of aliphatic hydroxyl groups excluding tert-OH is 1. The van der Waals surface area contributed by atoms with Crippen molar-refractivity contribution in [2.75, 3.05) is 13.7 Å². The number of hydrogen-bond donors (Lipinski definition) is 2. The Kier molecular flexibility index (Phi) is 4.57. The summed E-state index contributed by atoms with van der Waals surface area (Å²) < 4.78 is 27.9. The van der Waals surface area contributed by atoms with Crippen LogP contribution in [0.4, 0.5) is 0 Å². The van der Waals surface area contributed by atoms with Gasteiger partial charge in [0.25, 0.3) is 10.2 Å². The molecule has 0 atom stereocenters. The molecule has 0 spiro atoms. The molecule has 2 N–H and O–H groups in total. The van der Waals surface area contributed by atoms with Crippen molar-refractivity contribution >= 4 is 10.2 Å². The monoisotopic (exact) mass is 284 g/mol. The fourth-order valence-corrected chi connectivity index (χ4v) is 3.02. The lowest BCUT2D eigenvalue weighted by Crippen LogP contribution is -2.39. The minimum Gasteiger partial charge on any atom is -0.396 e. The van der Waals surface area contributed by atoms with E-state index in [1.54, 1.807) is 7.05 Å². The number of hydrogen-bond acceptors (Lipinski definition) is 3. The molecule has 0 saturated heterocycles. The fourth-order valence-electron chi connectivity index (χ4n) is 1.86. The summed E-state index contributed by atoms with van der Waals surface area (Å²) in [5, 5.41) is 8.82. The van der Waals surface area contributed by atoms with E-state index in [0.717, 1.165) is 24.0 Å². The van der Waals surface area contributed by atoms with Crippen molar-refractivity contribution in [2.24, 2.45) is 0 Å². The normalized spacial score (nSPS) is 15.9. The first-order chi connectivity index (χ1) is 9.03. The van der Waals surface area contributed by atoms with Gasteiger partial charge in [-0.25, -0.2) is 0 Å². The largest absolute Gasteiger partial charge is 0.396 e. The number of nitrogens with zero attached hydrogens (tertiary/aromatic N) is 1. The van der Waals surface area contributed by atoms with E-state index in [0.29, 0.717) is 13.0 Å². The molecule has 0 aromatic heterocycles. The first-order valence-electron chi connectivity index (χ1n) is 6.44. The summed E-state index contributed by atoms with van der Waals surface area (Å²) in [5.41, 5.74) is 1.96. The Hall–Kier alpha value is -0.950. The Bertz CT molecular complexity index is 509. The third kappa shape index (κ3) is 4.01. The lowest BCUT2D eigenvalue weighted by atomic mass is 10.1. The predicted octanol–water partition coefficient (Wildman–Crippen LogP) is 0.650. The van der Waals surface area contributed by atoms with Crippen LogP contribution in [0.2, 0.25) is 0 Å². The first kappa shape index (κ1) is 14.5. The molecule has 0 unspecified atom stereocenters. The molecule has 1 saturated carbocycles. The maximum absolute atomic E-state index is 11.9. The zero-order valence-corrected chi connectivity index (χ0v) is 11.9. The second-order valence-corrected chi connectivity index (χ2v) is 6.68. The zero-order chi connectivity index (χ0) is 13.9. The maximum atomic E-state index is 11.9. The Balaban J connectivity index is 1.90. The van der Waals surface area contributed by atoms with Gasteiger partial charge in [-0.3, -0.25) is 0 Å². The van der Waals surface area contributed by atoms with E-state index in [1.165, 1.54) is 4.31 Å². The highest BCUT2D eigenvalue weighted by Crippen LogP contribution is 2.27. The summed E-state index contributed by atoms with van der Waals surface area (Å²) in [6.07, 6.45) is 2.52. The average Bonchev–Trinajstić information content (AvgIpc) is 3.22. The minimum absolute atomic E-state index is 0.123. The second-order valence-electron chi connectivity index (χ2n) is 4.86. The fraction of sp³-hybridized carbons (Fsp3) is 0.538. The molecule has 1 aromatic carbocycles. The molecule has 0 heterocycles. The molecule has 1 aromatic rings. The van der Waals surface area contributed by atoms with Crippen LogP contribution in [-0.2, 0) is 23.2 Å². The van der Waals surface area contributed by atoms with Crippen LogP contribution in [0.3, 0.4) is 0 Å². The van der Waals surface area contributed by atoms with Crippen molar-refractivity contribution in [3.8, 4) is 0 Å². The van der Waals surface area contributed by atoms with Crippen LogP contribution >= 0.6 is 0 Å². The van der Waals surface area contributed by atoms with Crippen LogP contribution in [-0.4, -0.2) is 37.5 Å². The summed E-state index contributed by atoms with van der Waals surface area (Å²) >= 11 is 0. The summed E-state index contributed by atoms with van der Waals surface area (Å²) in [6, 6.07) is 7.74. The van der Waals surface area contributed by atoms with Gasteiger partial charge >= 0.3 is 0 Å². The van der Waals surface area contributed by atoms with E-state index in [2.05, 4.69) is 4.72 Å². The molecule has 0 radical (unpaired) electrons. The van der Waals surface area contributed by atoms with Gasteiger partial charge in [0.15, 0.2) is 0 Å². The van der Waals surface area contributed by atoms with Crippen molar-refractivity contribution in [3.63, 3.8) is 0 Å². The lowest BCUT2D eigenvalue weighted by molar-refractivity contribution is 0.299. The Labute approximate surface area is 114 Å². The third-order valence-electron chi connectivity index (χ3n) is 3.32. The standard InChI is InChI=1S/C13H20N2O3S/c1-15(13-6-7-13)19(17,18)14-10-12-4-2-11(3-5-12)8-9-16/h2-5,13-14,16H,6-10H2,1H3. The molecule has 5 nitrogen and oxygen atoms in total. The van der Waals surface area contributed by atoms with Crippen LogP contribution in [0, 0.1) is 0 Å². The third-order valence-corrected chi connectivity index (χ3v) is 4.89. The first-order valence-corrected chi connectivity index (χ1v) is 7.88. The van der Waals surface area contributed by atoms with E-state index in [-0.39, 0.29) is 12.6 Å². The van der Waals surface area contributed by atoms with Crippen molar-refractivity contribution in [1.29, 1.82) is 0 Å². The molecule has 1 aliphatic rings. The van der Waals surface area contributed by atoms with E-state index in [1.807, 2.05) is 24.3 Å². The van der Waals surface area contributed by atoms with Crippen LogP contribution in [0.1, 0.15) is 24.0 Å². The number of aliphatic hydroxyl groups is 1.